The van der Waals surface area contributed by atoms with Crippen LogP contribution in [0.2, 0.25) is 0 Å². The Labute approximate surface area is 132 Å². The number of nitrogens with one attached hydrogen (secondary N) is 2. The summed E-state index contributed by atoms with van der Waals surface area (Å²) in [4.78, 5) is 8.73. The molecule has 2 aromatic rings. The highest BCUT2D eigenvalue weighted by atomic mass is 19.4. The molecule has 0 atom stereocenters. The standard InChI is InChI=1S/C16H17F3N4/c17-16(18,19)12-1-3-13(4-2-12)23-15-14(21-9-10-22-15)11-5-7-20-8-6-11/h1-4,9-11,20H,5-8H2,(H,22,23). The molecule has 2 heterocycles. The van der Waals surface area contributed by atoms with Crippen LogP contribution >= 0.6 is 0 Å². The number of aromatic nitrogens is 2. The van der Waals surface area contributed by atoms with E-state index in [1.807, 2.05) is 0 Å². The fourth-order valence-electron chi connectivity index (χ4n) is 2.72. The monoisotopic (exact) mass is 322 g/mol. The van der Waals surface area contributed by atoms with Crippen molar-refractivity contribution >= 4 is 11.5 Å². The minimum atomic E-state index is -4.33. The fraction of sp³-hybridized carbons (Fsp3) is 0.375. The molecule has 122 valence electrons. The molecule has 1 aliphatic heterocycles. The van der Waals surface area contributed by atoms with Crippen LogP contribution < -0.4 is 10.6 Å². The molecule has 0 amide bonds. The van der Waals surface area contributed by atoms with Gasteiger partial charge in [-0.05, 0) is 50.2 Å². The summed E-state index contributed by atoms with van der Waals surface area (Å²) in [6.45, 7) is 1.86. The quantitative estimate of drug-likeness (QED) is 0.904. The molecule has 0 radical (unpaired) electrons. The van der Waals surface area contributed by atoms with Crippen molar-refractivity contribution in [2.45, 2.75) is 24.9 Å². The van der Waals surface area contributed by atoms with Crippen molar-refractivity contribution in [2.75, 3.05) is 18.4 Å². The van der Waals surface area contributed by atoms with Crippen LogP contribution in [0.5, 0.6) is 0 Å². The Morgan fingerprint density at radius 2 is 1.65 bits per heavy atom. The lowest BCUT2D eigenvalue weighted by Gasteiger charge is -2.23. The predicted molar refractivity (Wildman–Crippen MR) is 81.6 cm³/mol. The number of hydrogen-bond donors (Lipinski definition) is 2. The van der Waals surface area contributed by atoms with Gasteiger partial charge in [0, 0.05) is 24.0 Å². The van der Waals surface area contributed by atoms with Gasteiger partial charge in [0.2, 0.25) is 0 Å². The van der Waals surface area contributed by atoms with Crippen LogP contribution in [-0.2, 0) is 6.18 Å². The smallest absolute Gasteiger partial charge is 0.339 e. The van der Waals surface area contributed by atoms with Crippen molar-refractivity contribution in [3.05, 3.63) is 47.9 Å². The number of piperidine rings is 1. The summed E-state index contributed by atoms with van der Waals surface area (Å²) in [5.41, 5.74) is 0.767. The number of hydrogen-bond acceptors (Lipinski definition) is 4. The van der Waals surface area contributed by atoms with Crippen molar-refractivity contribution in [1.29, 1.82) is 0 Å². The summed E-state index contributed by atoms with van der Waals surface area (Å²) >= 11 is 0. The van der Waals surface area contributed by atoms with E-state index < -0.39 is 11.7 Å². The van der Waals surface area contributed by atoms with E-state index in [2.05, 4.69) is 20.6 Å². The van der Waals surface area contributed by atoms with Crippen LogP contribution in [0, 0.1) is 0 Å². The van der Waals surface area contributed by atoms with E-state index in [1.165, 1.54) is 12.1 Å². The van der Waals surface area contributed by atoms with Gasteiger partial charge < -0.3 is 10.6 Å². The lowest BCUT2D eigenvalue weighted by atomic mass is 9.94. The van der Waals surface area contributed by atoms with Crippen LogP contribution in [0.15, 0.2) is 36.7 Å². The number of halogens is 3. The molecule has 0 unspecified atom stereocenters. The van der Waals surface area contributed by atoms with Gasteiger partial charge in [-0.2, -0.15) is 13.2 Å². The Morgan fingerprint density at radius 3 is 2.30 bits per heavy atom. The summed E-state index contributed by atoms with van der Waals surface area (Å²) in [7, 11) is 0. The molecule has 7 heteroatoms. The van der Waals surface area contributed by atoms with Gasteiger partial charge in [0.15, 0.2) is 5.82 Å². The van der Waals surface area contributed by atoms with Gasteiger partial charge in [-0.3, -0.25) is 4.98 Å². The third kappa shape index (κ3) is 3.79. The number of alkyl halides is 3. The van der Waals surface area contributed by atoms with Gasteiger partial charge in [0.05, 0.1) is 11.3 Å². The maximum absolute atomic E-state index is 12.6. The molecule has 0 aliphatic carbocycles. The molecule has 0 spiro atoms. The zero-order valence-corrected chi connectivity index (χ0v) is 12.4. The third-order valence-electron chi connectivity index (χ3n) is 3.93. The zero-order valence-electron chi connectivity index (χ0n) is 12.4. The first kappa shape index (κ1) is 15.7. The van der Waals surface area contributed by atoms with Gasteiger partial charge in [-0.25, -0.2) is 4.98 Å². The first-order chi connectivity index (χ1) is 11.0. The first-order valence-electron chi connectivity index (χ1n) is 7.50. The van der Waals surface area contributed by atoms with Gasteiger partial charge in [0.25, 0.3) is 0 Å². The molecule has 0 saturated carbocycles. The van der Waals surface area contributed by atoms with Crippen molar-refractivity contribution in [3.63, 3.8) is 0 Å². The van der Waals surface area contributed by atoms with Crippen LogP contribution in [0.3, 0.4) is 0 Å². The van der Waals surface area contributed by atoms with Gasteiger partial charge >= 0.3 is 6.18 Å². The van der Waals surface area contributed by atoms with Crippen molar-refractivity contribution in [3.8, 4) is 0 Å². The minimum Gasteiger partial charge on any atom is -0.339 e. The maximum Gasteiger partial charge on any atom is 0.416 e. The molecule has 23 heavy (non-hydrogen) atoms. The highest BCUT2D eigenvalue weighted by Crippen LogP contribution is 2.32. The average Bonchev–Trinajstić information content (AvgIpc) is 2.56. The largest absolute Gasteiger partial charge is 0.416 e. The Kier molecular flexibility index (Phi) is 4.47. The van der Waals surface area contributed by atoms with Crippen molar-refractivity contribution < 1.29 is 13.2 Å². The van der Waals surface area contributed by atoms with E-state index in [9.17, 15) is 13.2 Å². The lowest BCUT2D eigenvalue weighted by Crippen LogP contribution is -2.27. The van der Waals surface area contributed by atoms with Gasteiger partial charge in [-0.15, -0.1) is 0 Å². The van der Waals surface area contributed by atoms with Crippen molar-refractivity contribution in [2.24, 2.45) is 0 Å². The Morgan fingerprint density at radius 1 is 1.00 bits per heavy atom. The topological polar surface area (TPSA) is 49.8 Å². The number of rotatable bonds is 3. The second kappa shape index (κ2) is 6.54. The Bertz CT molecular complexity index is 649. The normalized spacial score (nSPS) is 16.3. The summed E-state index contributed by atoms with van der Waals surface area (Å²) < 4.78 is 37.8. The SMILES string of the molecule is FC(F)(F)c1ccc(Nc2nccnc2C2CCNCC2)cc1. The van der Waals surface area contributed by atoms with E-state index >= 15 is 0 Å². The average molecular weight is 322 g/mol. The van der Waals surface area contributed by atoms with E-state index in [0.29, 0.717) is 17.4 Å². The molecule has 4 nitrogen and oxygen atoms in total. The highest BCUT2D eigenvalue weighted by Gasteiger charge is 2.30. The summed E-state index contributed by atoms with van der Waals surface area (Å²) in [5, 5.41) is 6.39. The first-order valence-corrected chi connectivity index (χ1v) is 7.50. The number of anilines is 2. The molecule has 1 saturated heterocycles. The van der Waals surface area contributed by atoms with Crippen LogP contribution in [0.25, 0.3) is 0 Å². The molecule has 2 N–H and O–H groups in total. The predicted octanol–water partition coefficient (Wildman–Crippen LogP) is 3.71. The molecule has 1 aromatic heterocycles. The van der Waals surface area contributed by atoms with E-state index in [4.69, 9.17) is 0 Å². The van der Waals surface area contributed by atoms with Crippen LogP contribution in [0.4, 0.5) is 24.7 Å². The van der Waals surface area contributed by atoms with Crippen molar-refractivity contribution in [1.82, 2.24) is 15.3 Å². The van der Waals surface area contributed by atoms with Gasteiger partial charge in [0.1, 0.15) is 0 Å². The molecule has 0 bridgehead atoms. The molecule has 1 aliphatic rings. The molecular formula is C16H17F3N4. The van der Waals surface area contributed by atoms with E-state index in [0.717, 1.165) is 43.8 Å². The second-order valence-corrected chi connectivity index (χ2v) is 5.51. The minimum absolute atomic E-state index is 0.307. The molecule has 3 rings (SSSR count). The highest BCUT2D eigenvalue weighted by molar-refractivity contribution is 5.59. The second-order valence-electron chi connectivity index (χ2n) is 5.51. The number of nitrogens with zero attached hydrogens (tertiary/aromatic N) is 2. The van der Waals surface area contributed by atoms with E-state index in [-0.39, 0.29) is 0 Å². The Hall–Kier alpha value is -2.15. The Balaban J connectivity index is 1.80. The molecule has 1 aromatic carbocycles. The van der Waals surface area contributed by atoms with Crippen LogP contribution in [-0.4, -0.2) is 23.1 Å². The maximum atomic E-state index is 12.6. The summed E-state index contributed by atoms with van der Waals surface area (Å²) in [5.74, 6) is 0.918. The van der Waals surface area contributed by atoms with Crippen LogP contribution in [0.1, 0.15) is 30.0 Å². The summed E-state index contributed by atoms with van der Waals surface area (Å²) in [6, 6.07) is 4.93. The number of benzene rings is 1. The van der Waals surface area contributed by atoms with E-state index in [1.54, 1.807) is 12.4 Å². The molecular weight excluding hydrogens is 305 g/mol. The lowest BCUT2D eigenvalue weighted by molar-refractivity contribution is -0.137. The third-order valence-corrected chi connectivity index (χ3v) is 3.93. The zero-order chi connectivity index (χ0) is 16.3. The fourth-order valence-corrected chi connectivity index (χ4v) is 2.72. The summed E-state index contributed by atoms with van der Waals surface area (Å²) in [6.07, 6.45) is 0.846. The molecule has 1 fully saturated rings. The van der Waals surface area contributed by atoms with Gasteiger partial charge in [-0.1, -0.05) is 0 Å².